The maximum atomic E-state index is 11.9. The van der Waals surface area contributed by atoms with Crippen LogP contribution in [0.3, 0.4) is 0 Å². The third kappa shape index (κ3) is 2.67. The Morgan fingerprint density at radius 3 is 2.67 bits per heavy atom. The van der Waals surface area contributed by atoms with Gasteiger partial charge in [-0.3, -0.25) is 14.9 Å². The van der Waals surface area contributed by atoms with Crippen molar-refractivity contribution in [3.63, 3.8) is 0 Å². The zero-order valence-corrected chi connectivity index (χ0v) is 11.2. The molecule has 1 aliphatic carbocycles. The third-order valence-corrected chi connectivity index (χ3v) is 3.63. The Bertz CT molecular complexity index is 678. The van der Waals surface area contributed by atoms with Crippen molar-refractivity contribution in [2.24, 2.45) is 0 Å². The number of rotatable bonds is 3. The summed E-state index contributed by atoms with van der Waals surface area (Å²) < 4.78 is 5.19. The largest absolute Gasteiger partial charge is 0.338 e. The smallest absolute Gasteiger partial charge is 0.269 e. The highest BCUT2D eigenvalue weighted by Crippen LogP contribution is 2.30. The molecule has 2 aromatic rings. The first kappa shape index (κ1) is 13.4. The van der Waals surface area contributed by atoms with Gasteiger partial charge in [0.15, 0.2) is 0 Å². The molecule has 1 aliphatic rings. The van der Waals surface area contributed by atoms with E-state index in [9.17, 15) is 14.9 Å². The fourth-order valence-electron chi connectivity index (χ4n) is 2.47. The summed E-state index contributed by atoms with van der Waals surface area (Å²) in [7, 11) is 0. The van der Waals surface area contributed by atoms with Gasteiger partial charge in [0.2, 0.25) is 11.7 Å². The van der Waals surface area contributed by atoms with Crippen molar-refractivity contribution in [1.82, 2.24) is 10.1 Å². The Hall–Kier alpha value is -2.57. The SMILES string of the molecule is O=C1CCCCC1c1nc(-c2ccc([N+](=O)[O-])cc2)no1. The van der Waals surface area contributed by atoms with Gasteiger partial charge in [-0.1, -0.05) is 11.6 Å². The van der Waals surface area contributed by atoms with Crippen LogP contribution in [0, 0.1) is 10.1 Å². The van der Waals surface area contributed by atoms with E-state index in [1.807, 2.05) is 0 Å². The zero-order chi connectivity index (χ0) is 14.8. The van der Waals surface area contributed by atoms with E-state index in [1.165, 1.54) is 12.1 Å². The molecule has 1 fully saturated rings. The summed E-state index contributed by atoms with van der Waals surface area (Å²) >= 11 is 0. The van der Waals surface area contributed by atoms with E-state index in [-0.39, 0.29) is 17.4 Å². The van der Waals surface area contributed by atoms with Crippen LogP contribution in [0.5, 0.6) is 0 Å². The second-order valence-electron chi connectivity index (χ2n) is 5.02. The summed E-state index contributed by atoms with van der Waals surface area (Å²) in [4.78, 5) is 26.3. The van der Waals surface area contributed by atoms with Crippen molar-refractivity contribution in [2.45, 2.75) is 31.6 Å². The van der Waals surface area contributed by atoms with Gasteiger partial charge in [-0.25, -0.2) is 0 Å². The van der Waals surface area contributed by atoms with Crippen molar-refractivity contribution < 1.29 is 14.2 Å². The summed E-state index contributed by atoms with van der Waals surface area (Å²) in [5.41, 5.74) is 0.629. The van der Waals surface area contributed by atoms with Crippen LogP contribution in [0.1, 0.15) is 37.5 Å². The number of hydrogen-bond acceptors (Lipinski definition) is 6. The van der Waals surface area contributed by atoms with Crippen LogP contribution in [0.15, 0.2) is 28.8 Å². The number of nitro groups is 1. The molecule has 1 aromatic heterocycles. The number of ketones is 1. The molecule has 0 spiro atoms. The molecule has 0 radical (unpaired) electrons. The molecule has 1 saturated carbocycles. The number of Topliss-reactive ketones (excluding diaryl/α,β-unsaturated/α-hetero) is 1. The maximum absolute atomic E-state index is 11.9. The summed E-state index contributed by atoms with van der Waals surface area (Å²) in [5.74, 6) is 0.518. The lowest BCUT2D eigenvalue weighted by molar-refractivity contribution is -0.384. The van der Waals surface area contributed by atoms with Crippen LogP contribution < -0.4 is 0 Å². The maximum Gasteiger partial charge on any atom is 0.269 e. The minimum atomic E-state index is -0.466. The van der Waals surface area contributed by atoms with Crippen LogP contribution in [0.25, 0.3) is 11.4 Å². The molecule has 0 aliphatic heterocycles. The molecule has 1 unspecified atom stereocenters. The average molecular weight is 287 g/mol. The average Bonchev–Trinajstić information content (AvgIpc) is 2.97. The second kappa shape index (κ2) is 5.43. The van der Waals surface area contributed by atoms with Crippen molar-refractivity contribution in [3.8, 4) is 11.4 Å². The highest BCUT2D eigenvalue weighted by Gasteiger charge is 2.29. The molecule has 7 nitrogen and oxygen atoms in total. The summed E-state index contributed by atoms with van der Waals surface area (Å²) in [6, 6.07) is 5.90. The molecular formula is C14H13N3O4. The lowest BCUT2D eigenvalue weighted by Gasteiger charge is -2.16. The number of nitro benzene ring substituents is 1. The standard InChI is InChI=1S/C14H13N3O4/c18-12-4-2-1-3-11(12)14-15-13(16-21-14)9-5-7-10(8-6-9)17(19)20/h5-8,11H,1-4H2. The summed E-state index contributed by atoms with van der Waals surface area (Å²) in [5, 5.41) is 14.5. The van der Waals surface area contributed by atoms with E-state index in [1.54, 1.807) is 12.1 Å². The van der Waals surface area contributed by atoms with Gasteiger partial charge in [-0.15, -0.1) is 0 Å². The molecule has 3 rings (SSSR count). The van der Waals surface area contributed by atoms with Gasteiger partial charge >= 0.3 is 0 Å². The van der Waals surface area contributed by atoms with Crippen molar-refractivity contribution in [2.75, 3.05) is 0 Å². The zero-order valence-electron chi connectivity index (χ0n) is 11.2. The molecule has 0 bridgehead atoms. The van der Waals surface area contributed by atoms with E-state index >= 15 is 0 Å². The van der Waals surface area contributed by atoms with Gasteiger partial charge < -0.3 is 4.52 Å². The molecule has 0 amide bonds. The van der Waals surface area contributed by atoms with Crippen LogP contribution in [-0.4, -0.2) is 20.8 Å². The van der Waals surface area contributed by atoms with Gasteiger partial charge in [0.05, 0.1) is 10.8 Å². The minimum Gasteiger partial charge on any atom is -0.338 e. The number of non-ortho nitro benzene ring substituents is 1. The Morgan fingerprint density at radius 2 is 2.00 bits per heavy atom. The van der Waals surface area contributed by atoms with Crippen LogP contribution >= 0.6 is 0 Å². The molecular weight excluding hydrogens is 274 g/mol. The number of aromatic nitrogens is 2. The van der Waals surface area contributed by atoms with Crippen molar-refractivity contribution >= 4 is 11.5 Å². The lowest BCUT2D eigenvalue weighted by Crippen LogP contribution is -2.17. The monoisotopic (exact) mass is 287 g/mol. The van der Waals surface area contributed by atoms with Crippen LogP contribution in [0.4, 0.5) is 5.69 Å². The summed E-state index contributed by atoms with van der Waals surface area (Å²) in [6.07, 6.45) is 3.19. The topological polar surface area (TPSA) is 99.1 Å². The number of carbonyl (C=O) groups is 1. The molecule has 0 saturated heterocycles. The van der Waals surface area contributed by atoms with E-state index in [2.05, 4.69) is 10.1 Å². The molecule has 0 N–H and O–H groups in total. The Kier molecular flexibility index (Phi) is 3.47. The van der Waals surface area contributed by atoms with Gasteiger partial charge in [-0.05, 0) is 25.0 Å². The molecule has 21 heavy (non-hydrogen) atoms. The normalized spacial score (nSPS) is 18.7. The fraction of sp³-hybridized carbons (Fsp3) is 0.357. The van der Waals surface area contributed by atoms with Gasteiger partial charge in [0.25, 0.3) is 5.69 Å². The highest BCUT2D eigenvalue weighted by atomic mass is 16.6. The minimum absolute atomic E-state index is 0.00456. The van der Waals surface area contributed by atoms with Crippen molar-refractivity contribution in [1.29, 1.82) is 0 Å². The first-order chi connectivity index (χ1) is 10.1. The van der Waals surface area contributed by atoms with Crippen LogP contribution in [0.2, 0.25) is 0 Å². The lowest BCUT2D eigenvalue weighted by atomic mass is 9.88. The van der Waals surface area contributed by atoms with E-state index in [4.69, 9.17) is 4.52 Å². The van der Waals surface area contributed by atoms with E-state index in [0.29, 0.717) is 23.7 Å². The number of hydrogen-bond donors (Lipinski definition) is 0. The molecule has 1 atom stereocenters. The van der Waals surface area contributed by atoms with Gasteiger partial charge in [0, 0.05) is 24.1 Å². The number of nitrogens with zero attached hydrogens (tertiary/aromatic N) is 3. The predicted octanol–water partition coefficient (Wildman–Crippen LogP) is 2.87. The first-order valence-electron chi connectivity index (χ1n) is 6.76. The van der Waals surface area contributed by atoms with Gasteiger partial charge in [0.1, 0.15) is 5.78 Å². The van der Waals surface area contributed by atoms with E-state index < -0.39 is 4.92 Å². The molecule has 108 valence electrons. The first-order valence-corrected chi connectivity index (χ1v) is 6.76. The quantitative estimate of drug-likeness (QED) is 0.635. The molecule has 1 heterocycles. The second-order valence-corrected chi connectivity index (χ2v) is 5.02. The molecule has 7 heteroatoms. The summed E-state index contributed by atoms with van der Waals surface area (Å²) in [6.45, 7) is 0. The van der Waals surface area contributed by atoms with Gasteiger partial charge in [-0.2, -0.15) is 4.98 Å². The van der Waals surface area contributed by atoms with Crippen molar-refractivity contribution in [3.05, 3.63) is 40.3 Å². The fourth-order valence-corrected chi connectivity index (χ4v) is 2.47. The number of carbonyl (C=O) groups excluding carboxylic acids is 1. The Balaban J connectivity index is 1.84. The number of benzene rings is 1. The molecule has 1 aromatic carbocycles. The third-order valence-electron chi connectivity index (χ3n) is 3.63. The van der Waals surface area contributed by atoms with E-state index in [0.717, 1.165) is 19.3 Å². The Labute approximate surface area is 120 Å². The Morgan fingerprint density at radius 1 is 1.24 bits per heavy atom. The predicted molar refractivity (Wildman–Crippen MR) is 72.6 cm³/mol. The highest BCUT2D eigenvalue weighted by molar-refractivity contribution is 5.85. The van der Waals surface area contributed by atoms with Crippen LogP contribution in [-0.2, 0) is 4.79 Å².